The maximum Gasteiger partial charge on any atom is 0.132 e. The molecule has 0 radical (unpaired) electrons. The van der Waals surface area contributed by atoms with Gasteiger partial charge in [0.15, 0.2) is 0 Å². The van der Waals surface area contributed by atoms with Crippen molar-refractivity contribution in [2.45, 2.75) is 45.1 Å². The van der Waals surface area contributed by atoms with Gasteiger partial charge in [-0.05, 0) is 30.4 Å². The SMILES string of the molecule is CCC1CCCCC1C(NN)c1c(F)cc(Br)cc1F. The third-order valence-corrected chi connectivity index (χ3v) is 4.91. The highest BCUT2D eigenvalue weighted by atomic mass is 79.9. The van der Waals surface area contributed by atoms with Crippen molar-refractivity contribution < 1.29 is 8.78 Å². The van der Waals surface area contributed by atoms with Crippen LogP contribution < -0.4 is 11.3 Å². The molecule has 0 amide bonds. The molecule has 1 aliphatic rings. The first-order valence-electron chi connectivity index (χ1n) is 7.19. The number of hydrazine groups is 1. The van der Waals surface area contributed by atoms with E-state index in [2.05, 4.69) is 28.3 Å². The molecule has 20 heavy (non-hydrogen) atoms. The maximum atomic E-state index is 14.2. The van der Waals surface area contributed by atoms with E-state index >= 15 is 0 Å². The zero-order valence-corrected chi connectivity index (χ0v) is 13.2. The number of nitrogens with two attached hydrogens (primary N) is 1. The summed E-state index contributed by atoms with van der Waals surface area (Å²) >= 11 is 3.11. The zero-order valence-electron chi connectivity index (χ0n) is 11.6. The van der Waals surface area contributed by atoms with Gasteiger partial charge in [-0.1, -0.05) is 48.5 Å². The van der Waals surface area contributed by atoms with Crippen LogP contribution in [0.3, 0.4) is 0 Å². The van der Waals surface area contributed by atoms with E-state index in [1.54, 1.807) is 0 Å². The van der Waals surface area contributed by atoms with E-state index < -0.39 is 17.7 Å². The van der Waals surface area contributed by atoms with E-state index in [0.717, 1.165) is 25.7 Å². The van der Waals surface area contributed by atoms with Gasteiger partial charge in [0.05, 0.1) is 6.04 Å². The lowest BCUT2D eigenvalue weighted by molar-refractivity contribution is 0.171. The van der Waals surface area contributed by atoms with Gasteiger partial charge < -0.3 is 0 Å². The normalized spacial score (nSPS) is 24.6. The molecular weight excluding hydrogens is 326 g/mol. The van der Waals surface area contributed by atoms with E-state index in [4.69, 9.17) is 5.84 Å². The van der Waals surface area contributed by atoms with Crippen LogP contribution in [0.5, 0.6) is 0 Å². The van der Waals surface area contributed by atoms with Crippen molar-refractivity contribution >= 4 is 15.9 Å². The number of halogens is 3. The molecule has 1 fully saturated rings. The minimum Gasteiger partial charge on any atom is -0.271 e. The van der Waals surface area contributed by atoms with Crippen LogP contribution in [0.2, 0.25) is 0 Å². The minimum atomic E-state index is -0.541. The van der Waals surface area contributed by atoms with Crippen molar-refractivity contribution in [2.75, 3.05) is 0 Å². The molecule has 0 spiro atoms. The molecule has 0 heterocycles. The molecule has 5 heteroatoms. The maximum absolute atomic E-state index is 14.2. The monoisotopic (exact) mass is 346 g/mol. The van der Waals surface area contributed by atoms with Crippen LogP contribution in [-0.4, -0.2) is 0 Å². The van der Waals surface area contributed by atoms with Crippen LogP contribution in [0.15, 0.2) is 16.6 Å². The number of hydrogen-bond donors (Lipinski definition) is 2. The Kier molecular flexibility index (Phi) is 5.52. The van der Waals surface area contributed by atoms with Crippen molar-refractivity contribution in [3.05, 3.63) is 33.8 Å². The fraction of sp³-hybridized carbons (Fsp3) is 0.600. The third-order valence-electron chi connectivity index (χ3n) is 4.45. The lowest BCUT2D eigenvalue weighted by atomic mass is 9.72. The van der Waals surface area contributed by atoms with Gasteiger partial charge in [-0.3, -0.25) is 11.3 Å². The van der Waals surface area contributed by atoms with Gasteiger partial charge in [0.2, 0.25) is 0 Å². The van der Waals surface area contributed by atoms with Gasteiger partial charge in [-0.2, -0.15) is 0 Å². The molecule has 0 bridgehead atoms. The van der Waals surface area contributed by atoms with E-state index in [0.29, 0.717) is 10.4 Å². The summed E-state index contributed by atoms with van der Waals surface area (Å²) < 4.78 is 28.7. The summed E-state index contributed by atoms with van der Waals surface area (Å²) in [5, 5.41) is 0. The summed E-state index contributed by atoms with van der Waals surface area (Å²) in [5.41, 5.74) is 2.73. The molecular formula is C15H21BrF2N2. The lowest BCUT2D eigenvalue weighted by Gasteiger charge is -2.37. The Bertz CT molecular complexity index is 444. The van der Waals surface area contributed by atoms with Crippen molar-refractivity contribution in [1.29, 1.82) is 0 Å². The fourth-order valence-corrected chi connectivity index (χ4v) is 3.86. The number of rotatable bonds is 4. The van der Waals surface area contributed by atoms with Crippen LogP contribution >= 0.6 is 15.9 Å². The second-order valence-electron chi connectivity index (χ2n) is 5.54. The van der Waals surface area contributed by atoms with Crippen molar-refractivity contribution in [3.8, 4) is 0 Å². The van der Waals surface area contributed by atoms with Crippen molar-refractivity contribution in [3.63, 3.8) is 0 Å². The Labute approximate surface area is 127 Å². The predicted molar refractivity (Wildman–Crippen MR) is 79.9 cm³/mol. The minimum absolute atomic E-state index is 0.0704. The predicted octanol–water partition coefficient (Wildman–Crippen LogP) is 4.45. The molecule has 3 unspecified atom stereocenters. The third kappa shape index (κ3) is 3.21. The van der Waals surface area contributed by atoms with Crippen molar-refractivity contribution in [2.24, 2.45) is 17.7 Å². The summed E-state index contributed by atoms with van der Waals surface area (Å²) in [4.78, 5) is 0. The molecule has 3 N–H and O–H groups in total. The number of nitrogens with one attached hydrogen (secondary N) is 1. The molecule has 0 aliphatic heterocycles. The molecule has 2 nitrogen and oxygen atoms in total. The van der Waals surface area contributed by atoms with Gasteiger partial charge in [-0.25, -0.2) is 8.78 Å². The highest BCUT2D eigenvalue weighted by Crippen LogP contribution is 2.41. The van der Waals surface area contributed by atoms with Gasteiger partial charge in [0, 0.05) is 10.0 Å². The molecule has 1 saturated carbocycles. The molecule has 112 valence electrons. The molecule has 2 rings (SSSR count). The summed E-state index contributed by atoms with van der Waals surface area (Å²) in [6, 6.07) is 2.13. The average molecular weight is 347 g/mol. The van der Waals surface area contributed by atoms with Crippen LogP contribution in [0.25, 0.3) is 0 Å². The Hall–Kier alpha value is -0.520. The first kappa shape index (κ1) is 15.9. The largest absolute Gasteiger partial charge is 0.271 e. The Morgan fingerprint density at radius 3 is 2.45 bits per heavy atom. The van der Waals surface area contributed by atoms with Crippen molar-refractivity contribution in [1.82, 2.24) is 5.43 Å². The van der Waals surface area contributed by atoms with Gasteiger partial charge in [0.25, 0.3) is 0 Å². The Morgan fingerprint density at radius 2 is 1.90 bits per heavy atom. The van der Waals surface area contributed by atoms with Crippen LogP contribution in [0, 0.1) is 23.5 Å². The summed E-state index contributed by atoms with van der Waals surface area (Å²) in [6.45, 7) is 2.13. The van der Waals surface area contributed by atoms with Gasteiger partial charge >= 0.3 is 0 Å². The molecule has 1 aromatic rings. The summed E-state index contributed by atoms with van der Waals surface area (Å²) in [7, 11) is 0. The first-order chi connectivity index (χ1) is 9.58. The van der Waals surface area contributed by atoms with E-state index in [1.165, 1.54) is 18.6 Å². The number of benzene rings is 1. The standard InChI is InChI=1S/C15H21BrF2N2/c1-2-9-5-3-4-6-11(9)15(20-19)14-12(17)7-10(16)8-13(14)18/h7-9,11,15,20H,2-6,19H2,1H3. The lowest BCUT2D eigenvalue weighted by Crippen LogP contribution is -2.39. The van der Waals surface area contributed by atoms with Crippen LogP contribution in [0.4, 0.5) is 8.78 Å². The van der Waals surface area contributed by atoms with Gasteiger partial charge in [-0.15, -0.1) is 0 Å². The first-order valence-corrected chi connectivity index (χ1v) is 7.98. The zero-order chi connectivity index (χ0) is 14.7. The van der Waals surface area contributed by atoms with E-state index in [-0.39, 0.29) is 11.5 Å². The Morgan fingerprint density at radius 1 is 1.30 bits per heavy atom. The van der Waals surface area contributed by atoms with Crippen LogP contribution in [0.1, 0.15) is 50.6 Å². The average Bonchev–Trinajstić information content (AvgIpc) is 2.42. The smallest absolute Gasteiger partial charge is 0.132 e. The molecule has 0 aromatic heterocycles. The Balaban J connectivity index is 2.36. The second-order valence-corrected chi connectivity index (χ2v) is 6.46. The molecule has 1 aromatic carbocycles. The quantitative estimate of drug-likeness (QED) is 0.624. The highest BCUT2D eigenvalue weighted by molar-refractivity contribution is 9.10. The topological polar surface area (TPSA) is 38.0 Å². The molecule has 3 atom stereocenters. The van der Waals surface area contributed by atoms with E-state index in [9.17, 15) is 8.78 Å². The summed E-state index contributed by atoms with van der Waals surface area (Å²) in [6.07, 6.45) is 5.38. The van der Waals surface area contributed by atoms with Gasteiger partial charge in [0.1, 0.15) is 11.6 Å². The summed E-state index contributed by atoms with van der Waals surface area (Å²) in [5.74, 6) is 5.20. The fourth-order valence-electron chi connectivity index (χ4n) is 3.45. The molecule has 0 saturated heterocycles. The second kappa shape index (κ2) is 6.96. The molecule has 1 aliphatic carbocycles. The van der Waals surface area contributed by atoms with E-state index in [1.807, 2.05) is 0 Å². The number of hydrogen-bond acceptors (Lipinski definition) is 2. The van der Waals surface area contributed by atoms with Crippen LogP contribution in [-0.2, 0) is 0 Å². The highest BCUT2D eigenvalue weighted by Gasteiger charge is 2.34.